The van der Waals surface area contributed by atoms with Gasteiger partial charge in [0, 0.05) is 17.2 Å². The SMILES string of the molecule is CCC1CCN(C(=O)c2ncccc2Br)C(C(=O)O)C1. The van der Waals surface area contributed by atoms with E-state index in [0.29, 0.717) is 23.4 Å². The van der Waals surface area contributed by atoms with Crippen LogP contribution in [0.4, 0.5) is 0 Å². The van der Waals surface area contributed by atoms with Crippen molar-refractivity contribution in [2.24, 2.45) is 5.92 Å². The van der Waals surface area contributed by atoms with Crippen molar-refractivity contribution in [3.63, 3.8) is 0 Å². The third kappa shape index (κ3) is 3.00. The van der Waals surface area contributed by atoms with Gasteiger partial charge in [-0.05, 0) is 46.8 Å². The molecule has 0 aromatic carbocycles. The average Bonchev–Trinajstić information content (AvgIpc) is 2.46. The molecule has 1 amide bonds. The lowest BCUT2D eigenvalue weighted by molar-refractivity contribution is -0.144. The fourth-order valence-electron chi connectivity index (χ4n) is 2.57. The maximum absolute atomic E-state index is 12.5. The van der Waals surface area contributed by atoms with Crippen LogP contribution < -0.4 is 0 Å². The second kappa shape index (κ2) is 6.35. The average molecular weight is 341 g/mol. The molecule has 1 N–H and O–H groups in total. The highest BCUT2D eigenvalue weighted by Gasteiger charge is 2.36. The van der Waals surface area contributed by atoms with Crippen molar-refractivity contribution < 1.29 is 14.7 Å². The normalized spacial score (nSPS) is 22.6. The number of carbonyl (C=O) groups is 2. The Labute approximate surface area is 126 Å². The zero-order chi connectivity index (χ0) is 14.7. The molecule has 2 heterocycles. The molecule has 20 heavy (non-hydrogen) atoms. The van der Waals surface area contributed by atoms with Crippen LogP contribution in [0.3, 0.4) is 0 Å². The fraction of sp³-hybridized carbons (Fsp3) is 0.500. The standard InChI is InChI=1S/C14H17BrN2O3/c1-2-9-5-7-17(11(8-9)14(19)20)13(18)12-10(15)4-3-6-16-12/h3-4,6,9,11H,2,5,7-8H2,1H3,(H,19,20). The number of rotatable bonds is 3. The smallest absolute Gasteiger partial charge is 0.326 e. The molecule has 0 spiro atoms. The number of aromatic nitrogens is 1. The van der Waals surface area contributed by atoms with Gasteiger partial charge in [-0.15, -0.1) is 0 Å². The summed E-state index contributed by atoms with van der Waals surface area (Å²) in [6.45, 7) is 2.52. The van der Waals surface area contributed by atoms with Crippen LogP contribution in [-0.4, -0.2) is 39.5 Å². The van der Waals surface area contributed by atoms with Crippen molar-refractivity contribution in [3.8, 4) is 0 Å². The fourth-order valence-corrected chi connectivity index (χ4v) is 2.99. The summed E-state index contributed by atoms with van der Waals surface area (Å²) in [6.07, 6.45) is 3.84. The van der Waals surface area contributed by atoms with Crippen molar-refractivity contribution in [3.05, 3.63) is 28.5 Å². The number of likely N-dealkylation sites (tertiary alicyclic amines) is 1. The number of hydrogen-bond acceptors (Lipinski definition) is 3. The minimum Gasteiger partial charge on any atom is -0.480 e. The van der Waals surface area contributed by atoms with Gasteiger partial charge in [-0.3, -0.25) is 4.79 Å². The minimum absolute atomic E-state index is 0.272. The Morgan fingerprint density at radius 1 is 1.55 bits per heavy atom. The maximum Gasteiger partial charge on any atom is 0.326 e. The first-order valence-corrected chi connectivity index (χ1v) is 7.48. The van der Waals surface area contributed by atoms with Gasteiger partial charge in [0.05, 0.1) is 0 Å². The number of aliphatic carboxylic acids is 1. The maximum atomic E-state index is 12.5. The Kier molecular flexibility index (Phi) is 4.75. The predicted octanol–water partition coefficient (Wildman–Crippen LogP) is 2.56. The van der Waals surface area contributed by atoms with Gasteiger partial charge in [0.2, 0.25) is 0 Å². The van der Waals surface area contributed by atoms with Gasteiger partial charge in [-0.25, -0.2) is 9.78 Å². The molecule has 1 aromatic rings. The van der Waals surface area contributed by atoms with E-state index in [4.69, 9.17) is 0 Å². The van der Waals surface area contributed by atoms with Crippen LogP contribution in [0, 0.1) is 5.92 Å². The summed E-state index contributed by atoms with van der Waals surface area (Å²) >= 11 is 3.29. The molecule has 1 saturated heterocycles. The lowest BCUT2D eigenvalue weighted by atomic mass is 9.88. The van der Waals surface area contributed by atoms with E-state index in [2.05, 4.69) is 27.8 Å². The molecule has 2 rings (SSSR count). The van der Waals surface area contributed by atoms with Crippen LogP contribution in [0.2, 0.25) is 0 Å². The number of carboxylic acid groups (broad SMARTS) is 1. The van der Waals surface area contributed by atoms with Gasteiger partial charge in [0.15, 0.2) is 0 Å². The lowest BCUT2D eigenvalue weighted by Crippen LogP contribution is -2.50. The number of nitrogens with zero attached hydrogens (tertiary/aromatic N) is 2. The summed E-state index contributed by atoms with van der Waals surface area (Å²) < 4.78 is 0.590. The molecule has 0 aliphatic carbocycles. The molecule has 2 unspecified atom stereocenters. The summed E-state index contributed by atoms with van der Waals surface area (Å²) in [5.74, 6) is -0.893. The Morgan fingerprint density at radius 3 is 2.90 bits per heavy atom. The Balaban J connectivity index is 2.24. The third-order valence-electron chi connectivity index (χ3n) is 3.80. The molecule has 1 aliphatic rings. The second-order valence-electron chi connectivity index (χ2n) is 4.99. The number of pyridine rings is 1. The van der Waals surface area contributed by atoms with Crippen molar-refractivity contribution in [2.45, 2.75) is 32.2 Å². The molecular weight excluding hydrogens is 324 g/mol. The quantitative estimate of drug-likeness (QED) is 0.917. The van der Waals surface area contributed by atoms with Crippen LogP contribution in [0.25, 0.3) is 0 Å². The summed E-state index contributed by atoms with van der Waals surface area (Å²) in [7, 11) is 0. The van der Waals surface area contributed by atoms with E-state index in [-0.39, 0.29) is 11.6 Å². The van der Waals surface area contributed by atoms with Crippen LogP contribution >= 0.6 is 15.9 Å². The van der Waals surface area contributed by atoms with Gasteiger partial charge in [0.1, 0.15) is 11.7 Å². The van der Waals surface area contributed by atoms with E-state index in [1.54, 1.807) is 12.1 Å². The number of carbonyl (C=O) groups excluding carboxylic acids is 1. The highest BCUT2D eigenvalue weighted by Crippen LogP contribution is 2.27. The Hall–Kier alpha value is -1.43. The zero-order valence-corrected chi connectivity index (χ0v) is 12.8. The van der Waals surface area contributed by atoms with Crippen LogP contribution in [0.1, 0.15) is 36.7 Å². The largest absolute Gasteiger partial charge is 0.480 e. The number of piperidine rings is 1. The van der Waals surface area contributed by atoms with Crippen LogP contribution in [0.5, 0.6) is 0 Å². The van der Waals surface area contributed by atoms with E-state index in [1.807, 2.05) is 0 Å². The molecule has 2 atom stereocenters. The van der Waals surface area contributed by atoms with Gasteiger partial charge in [0.25, 0.3) is 5.91 Å². The van der Waals surface area contributed by atoms with E-state index in [9.17, 15) is 14.7 Å². The molecule has 0 saturated carbocycles. The first kappa shape index (κ1) is 15.0. The van der Waals surface area contributed by atoms with Crippen molar-refractivity contribution in [1.29, 1.82) is 0 Å². The topological polar surface area (TPSA) is 70.5 Å². The summed E-state index contributed by atoms with van der Waals surface area (Å²) in [5.41, 5.74) is 0.272. The summed E-state index contributed by atoms with van der Waals surface area (Å²) in [4.78, 5) is 29.4. The van der Waals surface area contributed by atoms with Gasteiger partial charge in [-0.1, -0.05) is 13.3 Å². The van der Waals surface area contributed by atoms with E-state index in [1.165, 1.54) is 11.1 Å². The number of carboxylic acids is 1. The minimum atomic E-state index is -0.941. The number of halogens is 1. The van der Waals surface area contributed by atoms with E-state index in [0.717, 1.165) is 12.8 Å². The summed E-state index contributed by atoms with van der Waals surface area (Å²) in [5, 5.41) is 9.36. The predicted molar refractivity (Wildman–Crippen MR) is 77.4 cm³/mol. The van der Waals surface area contributed by atoms with Gasteiger partial charge in [-0.2, -0.15) is 0 Å². The van der Waals surface area contributed by atoms with E-state index < -0.39 is 12.0 Å². The van der Waals surface area contributed by atoms with Crippen molar-refractivity contribution in [1.82, 2.24) is 9.88 Å². The molecule has 0 bridgehead atoms. The second-order valence-corrected chi connectivity index (χ2v) is 5.84. The number of amides is 1. The first-order chi connectivity index (χ1) is 9.54. The van der Waals surface area contributed by atoms with Crippen LogP contribution in [0.15, 0.2) is 22.8 Å². The molecule has 1 aliphatic heterocycles. The molecule has 1 fully saturated rings. The molecule has 5 nitrogen and oxygen atoms in total. The monoisotopic (exact) mass is 340 g/mol. The molecule has 108 valence electrons. The molecule has 0 radical (unpaired) electrons. The third-order valence-corrected chi connectivity index (χ3v) is 4.44. The van der Waals surface area contributed by atoms with E-state index >= 15 is 0 Å². The highest BCUT2D eigenvalue weighted by atomic mass is 79.9. The zero-order valence-electron chi connectivity index (χ0n) is 11.3. The van der Waals surface area contributed by atoms with Gasteiger partial charge < -0.3 is 10.0 Å². The van der Waals surface area contributed by atoms with Crippen molar-refractivity contribution >= 4 is 27.8 Å². The molecule has 1 aromatic heterocycles. The number of hydrogen-bond donors (Lipinski definition) is 1. The summed E-state index contributed by atoms with van der Waals surface area (Å²) in [6, 6.07) is 2.70. The van der Waals surface area contributed by atoms with Crippen molar-refractivity contribution in [2.75, 3.05) is 6.54 Å². The Morgan fingerprint density at radius 2 is 2.30 bits per heavy atom. The first-order valence-electron chi connectivity index (χ1n) is 6.68. The van der Waals surface area contributed by atoms with Crippen LogP contribution in [-0.2, 0) is 4.79 Å². The lowest BCUT2D eigenvalue weighted by Gasteiger charge is -2.36. The van der Waals surface area contributed by atoms with Gasteiger partial charge >= 0.3 is 5.97 Å². The highest BCUT2D eigenvalue weighted by molar-refractivity contribution is 9.10. The molecular formula is C14H17BrN2O3. The Bertz CT molecular complexity index is 521. The molecule has 6 heteroatoms.